The highest BCUT2D eigenvalue weighted by Gasteiger charge is 2.30. The van der Waals surface area contributed by atoms with E-state index >= 15 is 0 Å². The van der Waals surface area contributed by atoms with Crippen molar-refractivity contribution in [1.82, 2.24) is 20.2 Å². The third kappa shape index (κ3) is 4.21. The Morgan fingerprint density at radius 3 is 2.50 bits per heavy atom. The molecule has 26 heavy (non-hydrogen) atoms. The number of halogens is 4. The number of benzene rings is 2. The minimum atomic E-state index is -4.43. The van der Waals surface area contributed by atoms with Crippen LogP contribution in [0.1, 0.15) is 5.56 Å². The first-order valence-corrected chi connectivity index (χ1v) is 7.32. The van der Waals surface area contributed by atoms with E-state index in [1.807, 2.05) is 0 Å². The van der Waals surface area contributed by atoms with Crippen molar-refractivity contribution in [2.45, 2.75) is 12.7 Å². The molecule has 0 aliphatic carbocycles. The fourth-order valence-electron chi connectivity index (χ4n) is 2.13. The molecule has 3 rings (SSSR count). The first-order valence-electron chi connectivity index (χ1n) is 7.32. The van der Waals surface area contributed by atoms with Gasteiger partial charge in [-0.25, -0.2) is 4.39 Å². The van der Waals surface area contributed by atoms with Gasteiger partial charge in [0.1, 0.15) is 12.4 Å². The van der Waals surface area contributed by atoms with Gasteiger partial charge in [0, 0.05) is 11.3 Å². The van der Waals surface area contributed by atoms with E-state index < -0.39 is 23.5 Å². The van der Waals surface area contributed by atoms with Crippen molar-refractivity contribution in [3.63, 3.8) is 0 Å². The van der Waals surface area contributed by atoms with Gasteiger partial charge in [-0.1, -0.05) is 18.2 Å². The Bertz CT molecular complexity index is 921. The summed E-state index contributed by atoms with van der Waals surface area (Å²) in [7, 11) is 0. The number of alkyl halides is 3. The normalized spacial score (nSPS) is 11.4. The van der Waals surface area contributed by atoms with Gasteiger partial charge in [-0.15, -0.1) is 10.2 Å². The molecule has 3 aromatic rings. The van der Waals surface area contributed by atoms with Crippen molar-refractivity contribution in [2.75, 3.05) is 5.32 Å². The second-order valence-corrected chi connectivity index (χ2v) is 5.28. The Kier molecular flexibility index (Phi) is 4.65. The summed E-state index contributed by atoms with van der Waals surface area (Å²) in [6.45, 7) is -0.288. The number of nitrogens with zero attached hydrogens (tertiary/aromatic N) is 4. The molecule has 2 aromatic carbocycles. The SMILES string of the molecule is O=C(Cn1nnc(-c2ccc(C(F)(F)F)cc2)n1)Nc1cccc(F)c1. The number of amides is 1. The molecule has 1 amide bonds. The average molecular weight is 365 g/mol. The zero-order chi connectivity index (χ0) is 18.7. The van der Waals surface area contributed by atoms with Gasteiger partial charge in [0.05, 0.1) is 5.56 Å². The minimum Gasteiger partial charge on any atom is -0.324 e. The molecule has 0 bridgehead atoms. The Morgan fingerprint density at radius 1 is 1.12 bits per heavy atom. The number of hydrogen-bond acceptors (Lipinski definition) is 4. The van der Waals surface area contributed by atoms with Gasteiger partial charge < -0.3 is 5.32 Å². The molecule has 0 aliphatic heterocycles. The predicted molar refractivity (Wildman–Crippen MR) is 83.3 cm³/mol. The van der Waals surface area contributed by atoms with Gasteiger partial charge in [-0.3, -0.25) is 4.79 Å². The van der Waals surface area contributed by atoms with Crippen molar-refractivity contribution in [1.29, 1.82) is 0 Å². The molecule has 0 unspecified atom stereocenters. The number of carbonyl (C=O) groups excluding carboxylic acids is 1. The predicted octanol–water partition coefficient (Wildman–Crippen LogP) is 3.14. The highest BCUT2D eigenvalue weighted by atomic mass is 19.4. The van der Waals surface area contributed by atoms with Crippen molar-refractivity contribution >= 4 is 11.6 Å². The number of tetrazole rings is 1. The lowest BCUT2D eigenvalue weighted by Gasteiger charge is -2.06. The van der Waals surface area contributed by atoms with Crippen molar-refractivity contribution in [2.24, 2.45) is 0 Å². The molecule has 6 nitrogen and oxygen atoms in total. The number of hydrogen-bond donors (Lipinski definition) is 1. The largest absolute Gasteiger partial charge is 0.416 e. The van der Waals surface area contributed by atoms with E-state index in [0.717, 1.165) is 23.0 Å². The molecule has 0 saturated carbocycles. The maximum absolute atomic E-state index is 13.1. The maximum atomic E-state index is 13.1. The third-order valence-corrected chi connectivity index (χ3v) is 3.32. The summed E-state index contributed by atoms with van der Waals surface area (Å²) >= 11 is 0. The van der Waals surface area contributed by atoms with Crippen LogP contribution in [-0.2, 0) is 17.5 Å². The van der Waals surface area contributed by atoms with Crippen LogP contribution in [0, 0.1) is 5.82 Å². The highest BCUT2D eigenvalue weighted by Crippen LogP contribution is 2.30. The second-order valence-electron chi connectivity index (χ2n) is 5.28. The summed E-state index contributed by atoms with van der Waals surface area (Å²) in [5.41, 5.74) is -0.184. The van der Waals surface area contributed by atoms with Crippen LogP contribution in [0.5, 0.6) is 0 Å². The van der Waals surface area contributed by atoms with Crippen molar-refractivity contribution < 1.29 is 22.4 Å². The molecule has 1 heterocycles. The van der Waals surface area contributed by atoms with E-state index in [0.29, 0.717) is 5.56 Å². The lowest BCUT2D eigenvalue weighted by Crippen LogP contribution is -2.20. The van der Waals surface area contributed by atoms with Crippen molar-refractivity contribution in [3.05, 3.63) is 59.9 Å². The molecule has 10 heteroatoms. The van der Waals surface area contributed by atoms with E-state index in [4.69, 9.17) is 0 Å². The molecule has 0 aliphatic rings. The third-order valence-electron chi connectivity index (χ3n) is 3.32. The summed E-state index contributed by atoms with van der Waals surface area (Å²) in [4.78, 5) is 12.9. The van der Waals surface area contributed by atoms with Crippen LogP contribution in [0.3, 0.4) is 0 Å². The molecule has 0 radical (unpaired) electrons. The summed E-state index contributed by atoms with van der Waals surface area (Å²) in [6, 6.07) is 9.61. The molecular weight excluding hydrogens is 354 g/mol. The zero-order valence-corrected chi connectivity index (χ0v) is 13.0. The number of anilines is 1. The highest BCUT2D eigenvalue weighted by molar-refractivity contribution is 5.90. The fraction of sp³-hybridized carbons (Fsp3) is 0.125. The van der Waals surface area contributed by atoms with Crippen LogP contribution in [0.15, 0.2) is 48.5 Å². The van der Waals surface area contributed by atoms with Crippen LogP contribution in [0.2, 0.25) is 0 Å². The first kappa shape index (κ1) is 17.5. The Labute approximate surface area is 144 Å². The van der Waals surface area contributed by atoms with Crippen LogP contribution >= 0.6 is 0 Å². The Morgan fingerprint density at radius 2 is 1.85 bits per heavy atom. The van der Waals surface area contributed by atoms with E-state index in [1.165, 1.54) is 30.3 Å². The van der Waals surface area contributed by atoms with Gasteiger partial charge >= 0.3 is 6.18 Å². The van der Waals surface area contributed by atoms with E-state index in [9.17, 15) is 22.4 Å². The van der Waals surface area contributed by atoms with Gasteiger partial charge in [0.15, 0.2) is 0 Å². The molecular formula is C16H11F4N5O. The first-order chi connectivity index (χ1) is 12.3. The minimum absolute atomic E-state index is 0.0808. The van der Waals surface area contributed by atoms with Crippen LogP contribution in [0.4, 0.5) is 23.2 Å². The van der Waals surface area contributed by atoms with Crippen molar-refractivity contribution in [3.8, 4) is 11.4 Å². The lowest BCUT2D eigenvalue weighted by molar-refractivity contribution is -0.137. The number of rotatable bonds is 4. The second kappa shape index (κ2) is 6.90. The molecule has 0 saturated heterocycles. The smallest absolute Gasteiger partial charge is 0.324 e. The maximum Gasteiger partial charge on any atom is 0.416 e. The lowest BCUT2D eigenvalue weighted by atomic mass is 10.1. The summed E-state index contributed by atoms with van der Waals surface area (Å²) in [5.74, 6) is -0.921. The van der Waals surface area contributed by atoms with E-state index in [1.54, 1.807) is 0 Å². The number of aromatic nitrogens is 4. The van der Waals surface area contributed by atoms with E-state index in [-0.39, 0.29) is 18.1 Å². The molecule has 1 aromatic heterocycles. The molecule has 0 spiro atoms. The van der Waals surface area contributed by atoms with Gasteiger partial charge in [0.25, 0.3) is 0 Å². The number of carbonyl (C=O) groups is 1. The van der Waals surface area contributed by atoms with Crippen LogP contribution in [0.25, 0.3) is 11.4 Å². The quantitative estimate of drug-likeness (QED) is 0.721. The average Bonchev–Trinajstić information content (AvgIpc) is 3.02. The summed E-state index contributed by atoms with van der Waals surface area (Å²) in [6.07, 6.45) is -4.43. The summed E-state index contributed by atoms with van der Waals surface area (Å²) in [5, 5.41) is 13.8. The van der Waals surface area contributed by atoms with Crippen LogP contribution in [-0.4, -0.2) is 26.1 Å². The van der Waals surface area contributed by atoms with Crippen LogP contribution < -0.4 is 5.32 Å². The summed E-state index contributed by atoms with van der Waals surface area (Å²) < 4.78 is 50.7. The van der Waals surface area contributed by atoms with E-state index in [2.05, 4.69) is 20.7 Å². The number of nitrogens with one attached hydrogen (secondary N) is 1. The van der Waals surface area contributed by atoms with Gasteiger partial charge in [-0.05, 0) is 35.5 Å². The standard InChI is InChI=1S/C16H11F4N5O/c17-12-2-1-3-13(8-12)21-14(26)9-25-23-15(22-24-25)10-4-6-11(7-5-10)16(18,19)20/h1-8H,9H2,(H,21,26). The Hall–Kier alpha value is -3.30. The Balaban J connectivity index is 1.67. The molecule has 0 fully saturated rings. The van der Waals surface area contributed by atoms with Gasteiger partial charge in [0.2, 0.25) is 11.7 Å². The topological polar surface area (TPSA) is 72.7 Å². The molecule has 0 atom stereocenters. The monoisotopic (exact) mass is 365 g/mol. The molecule has 134 valence electrons. The zero-order valence-electron chi connectivity index (χ0n) is 13.0. The molecule has 1 N–H and O–H groups in total. The van der Waals surface area contributed by atoms with Gasteiger partial charge in [-0.2, -0.15) is 18.0 Å². The fourth-order valence-corrected chi connectivity index (χ4v) is 2.13.